The summed E-state index contributed by atoms with van der Waals surface area (Å²) in [6.45, 7) is 0. The van der Waals surface area contributed by atoms with Crippen molar-refractivity contribution in [1.29, 1.82) is 0 Å². The van der Waals surface area contributed by atoms with Crippen LogP contribution in [0, 0.1) is 0 Å². The van der Waals surface area contributed by atoms with E-state index in [0.29, 0.717) is 21.2 Å². The van der Waals surface area contributed by atoms with E-state index in [0.717, 1.165) is 11.1 Å². The SMILES string of the molecule is Oc1c(-c2ccccc2Cl)cccc1-c1ccccc1Cl. The fourth-order valence-corrected chi connectivity index (χ4v) is 2.81. The lowest BCUT2D eigenvalue weighted by Crippen LogP contribution is -1.85. The summed E-state index contributed by atoms with van der Waals surface area (Å²) in [4.78, 5) is 0. The summed E-state index contributed by atoms with van der Waals surface area (Å²) < 4.78 is 0. The molecule has 1 nitrogen and oxygen atoms in total. The second-order valence-electron chi connectivity index (χ2n) is 4.66. The van der Waals surface area contributed by atoms with Crippen LogP contribution in [0.2, 0.25) is 10.0 Å². The molecule has 0 aliphatic carbocycles. The van der Waals surface area contributed by atoms with Crippen molar-refractivity contribution in [1.82, 2.24) is 0 Å². The Kier molecular flexibility index (Phi) is 3.87. The standard InChI is InChI=1S/C18H12Cl2O/c19-16-10-3-1-6-12(16)14-8-5-9-15(18(14)21)13-7-2-4-11-17(13)20/h1-11,21H. The van der Waals surface area contributed by atoms with Gasteiger partial charge < -0.3 is 5.11 Å². The number of halogens is 2. The summed E-state index contributed by atoms with van der Waals surface area (Å²) in [5.41, 5.74) is 2.98. The van der Waals surface area contributed by atoms with Gasteiger partial charge in [-0.3, -0.25) is 0 Å². The minimum atomic E-state index is 0.179. The van der Waals surface area contributed by atoms with Crippen molar-refractivity contribution in [3.05, 3.63) is 76.8 Å². The van der Waals surface area contributed by atoms with E-state index in [1.165, 1.54) is 0 Å². The maximum absolute atomic E-state index is 10.6. The monoisotopic (exact) mass is 314 g/mol. The first-order valence-corrected chi connectivity index (χ1v) is 7.26. The number of hydrogen-bond acceptors (Lipinski definition) is 1. The maximum Gasteiger partial charge on any atom is 0.131 e. The number of benzene rings is 3. The highest BCUT2D eigenvalue weighted by atomic mass is 35.5. The first kappa shape index (κ1) is 14.0. The molecule has 3 heteroatoms. The van der Waals surface area contributed by atoms with Gasteiger partial charge in [-0.2, -0.15) is 0 Å². The fourth-order valence-electron chi connectivity index (χ4n) is 2.34. The molecule has 3 aromatic carbocycles. The zero-order valence-electron chi connectivity index (χ0n) is 11.1. The van der Waals surface area contributed by atoms with E-state index in [1.807, 2.05) is 54.6 Å². The third-order valence-electron chi connectivity index (χ3n) is 3.36. The van der Waals surface area contributed by atoms with Crippen LogP contribution in [0.25, 0.3) is 22.3 Å². The van der Waals surface area contributed by atoms with Crippen LogP contribution in [0.3, 0.4) is 0 Å². The Morgan fingerprint density at radius 1 is 0.524 bits per heavy atom. The predicted octanol–water partition coefficient (Wildman–Crippen LogP) is 6.03. The molecule has 21 heavy (non-hydrogen) atoms. The van der Waals surface area contributed by atoms with Crippen LogP contribution < -0.4 is 0 Å². The summed E-state index contributed by atoms with van der Waals surface area (Å²) >= 11 is 12.4. The molecule has 0 heterocycles. The highest BCUT2D eigenvalue weighted by Gasteiger charge is 2.14. The van der Waals surface area contributed by atoms with Gasteiger partial charge in [-0.1, -0.05) is 77.8 Å². The molecule has 0 bridgehead atoms. The quantitative estimate of drug-likeness (QED) is 0.612. The van der Waals surface area contributed by atoms with E-state index in [1.54, 1.807) is 12.1 Å². The van der Waals surface area contributed by atoms with E-state index in [2.05, 4.69) is 0 Å². The van der Waals surface area contributed by atoms with Gasteiger partial charge in [-0.25, -0.2) is 0 Å². The molecule has 1 N–H and O–H groups in total. The zero-order chi connectivity index (χ0) is 14.8. The van der Waals surface area contributed by atoms with Crippen molar-refractivity contribution in [2.24, 2.45) is 0 Å². The minimum absolute atomic E-state index is 0.179. The molecule has 104 valence electrons. The van der Waals surface area contributed by atoms with Crippen molar-refractivity contribution in [2.45, 2.75) is 0 Å². The van der Waals surface area contributed by atoms with Crippen LogP contribution in [0.5, 0.6) is 5.75 Å². The molecule has 0 aromatic heterocycles. The van der Waals surface area contributed by atoms with Crippen LogP contribution in [0.1, 0.15) is 0 Å². The normalized spacial score (nSPS) is 10.6. The summed E-state index contributed by atoms with van der Waals surface area (Å²) in [5, 5.41) is 11.8. The molecule has 0 unspecified atom stereocenters. The fraction of sp³-hybridized carbons (Fsp3) is 0. The average Bonchev–Trinajstić information content (AvgIpc) is 2.49. The Morgan fingerprint density at radius 3 is 1.33 bits per heavy atom. The summed E-state index contributed by atoms with van der Waals surface area (Å²) in [6.07, 6.45) is 0. The number of phenols is 1. The van der Waals surface area contributed by atoms with Crippen molar-refractivity contribution in [3.63, 3.8) is 0 Å². The van der Waals surface area contributed by atoms with E-state index >= 15 is 0 Å². The molecule has 0 atom stereocenters. The molecular formula is C18H12Cl2O. The van der Waals surface area contributed by atoms with Crippen LogP contribution in [-0.4, -0.2) is 5.11 Å². The predicted molar refractivity (Wildman–Crippen MR) is 89.0 cm³/mol. The highest BCUT2D eigenvalue weighted by Crippen LogP contribution is 2.42. The summed E-state index contributed by atoms with van der Waals surface area (Å²) in [7, 11) is 0. The van der Waals surface area contributed by atoms with Gasteiger partial charge >= 0.3 is 0 Å². The third kappa shape index (κ3) is 2.63. The number of aromatic hydroxyl groups is 1. The van der Waals surface area contributed by atoms with Crippen LogP contribution in [0.15, 0.2) is 66.7 Å². The molecule has 0 saturated heterocycles. The second-order valence-corrected chi connectivity index (χ2v) is 5.48. The molecule has 0 aliphatic heterocycles. The maximum atomic E-state index is 10.6. The summed E-state index contributed by atoms with van der Waals surface area (Å²) in [5.74, 6) is 0.179. The van der Waals surface area contributed by atoms with Gasteiger partial charge in [-0.05, 0) is 12.1 Å². The largest absolute Gasteiger partial charge is 0.507 e. The molecule has 0 spiro atoms. The lowest BCUT2D eigenvalue weighted by atomic mass is 9.97. The first-order valence-electron chi connectivity index (χ1n) is 6.50. The van der Waals surface area contributed by atoms with Crippen LogP contribution in [0.4, 0.5) is 0 Å². The summed E-state index contributed by atoms with van der Waals surface area (Å²) in [6, 6.07) is 20.5. The minimum Gasteiger partial charge on any atom is -0.507 e. The molecule has 3 aromatic rings. The molecular weight excluding hydrogens is 303 g/mol. The van der Waals surface area contributed by atoms with Gasteiger partial charge in [0.2, 0.25) is 0 Å². The van der Waals surface area contributed by atoms with Gasteiger partial charge in [0, 0.05) is 32.3 Å². The van der Waals surface area contributed by atoms with Crippen LogP contribution >= 0.6 is 23.2 Å². The van der Waals surface area contributed by atoms with Gasteiger partial charge in [0.1, 0.15) is 5.75 Å². The smallest absolute Gasteiger partial charge is 0.131 e. The number of rotatable bonds is 2. The van der Waals surface area contributed by atoms with Gasteiger partial charge in [0.15, 0.2) is 0 Å². The van der Waals surface area contributed by atoms with Crippen molar-refractivity contribution < 1.29 is 5.11 Å². The van der Waals surface area contributed by atoms with Gasteiger partial charge in [-0.15, -0.1) is 0 Å². The first-order chi connectivity index (χ1) is 10.2. The van der Waals surface area contributed by atoms with E-state index < -0.39 is 0 Å². The number of hydrogen-bond donors (Lipinski definition) is 1. The van der Waals surface area contributed by atoms with Crippen molar-refractivity contribution in [2.75, 3.05) is 0 Å². The van der Waals surface area contributed by atoms with Gasteiger partial charge in [0.25, 0.3) is 0 Å². The Balaban J connectivity index is 2.21. The molecule has 0 aliphatic rings. The lowest BCUT2D eigenvalue weighted by molar-refractivity contribution is 0.479. The molecule has 3 rings (SSSR count). The Hall–Kier alpha value is -1.96. The Morgan fingerprint density at radius 2 is 0.905 bits per heavy atom. The highest BCUT2D eigenvalue weighted by molar-refractivity contribution is 6.34. The molecule has 0 fully saturated rings. The molecule has 0 saturated carbocycles. The number of para-hydroxylation sites is 1. The van der Waals surface area contributed by atoms with E-state index in [4.69, 9.17) is 23.2 Å². The Bertz CT molecular complexity index is 733. The third-order valence-corrected chi connectivity index (χ3v) is 4.02. The molecule has 0 amide bonds. The van der Waals surface area contributed by atoms with E-state index in [-0.39, 0.29) is 5.75 Å². The van der Waals surface area contributed by atoms with E-state index in [9.17, 15) is 5.11 Å². The second kappa shape index (κ2) is 5.80. The Labute approximate surface area is 133 Å². The molecule has 0 radical (unpaired) electrons. The topological polar surface area (TPSA) is 20.2 Å². The van der Waals surface area contributed by atoms with Crippen molar-refractivity contribution >= 4 is 23.2 Å². The van der Waals surface area contributed by atoms with Crippen LogP contribution in [-0.2, 0) is 0 Å². The van der Waals surface area contributed by atoms with Gasteiger partial charge in [0.05, 0.1) is 0 Å². The lowest BCUT2D eigenvalue weighted by Gasteiger charge is -2.12. The average molecular weight is 315 g/mol. The number of phenolic OH excluding ortho intramolecular Hbond substituents is 1. The zero-order valence-corrected chi connectivity index (χ0v) is 12.6. The van der Waals surface area contributed by atoms with Crippen molar-refractivity contribution in [3.8, 4) is 28.0 Å².